The van der Waals surface area contributed by atoms with Crippen molar-refractivity contribution in [3.05, 3.63) is 17.5 Å². The normalized spacial score (nSPS) is 30.0. The molecule has 1 aromatic heterocycles. The van der Waals surface area contributed by atoms with Crippen LogP contribution in [0.5, 0.6) is 0 Å². The van der Waals surface area contributed by atoms with Crippen LogP contribution in [0.1, 0.15) is 31.2 Å². The molecule has 17 heavy (non-hydrogen) atoms. The van der Waals surface area contributed by atoms with Gasteiger partial charge in [0.2, 0.25) is 0 Å². The Balaban J connectivity index is 1.58. The molecule has 3 rings (SSSR count). The summed E-state index contributed by atoms with van der Waals surface area (Å²) in [5.41, 5.74) is 7.25. The Bertz CT molecular complexity index is 386. The van der Waals surface area contributed by atoms with Crippen LogP contribution >= 0.6 is 0 Å². The number of hydrogen-bond donors (Lipinski definition) is 1. The molecular formula is C13H21N3O. The van der Waals surface area contributed by atoms with Gasteiger partial charge in [0.1, 0.15) is 0 Å². The van der Waals surface area contributed by atoms with Crippen LogP contribution in [-0.2, 0) is 13.0 Å². The summed E-state index contributed by atoms with van der Waals surface area (Å²) in [5, 5.41) is 4.03. The van der Waals surface area contributed by atoms with E-state index in [2.05, 4.69) is 23.0 Å². The minimum absolute atomic E-state index is 0.357. The van der Waals surface area contributed by atoms with Crippen molar-refractivity contribution in [3.8, 4) is 0 Å². The second-order valence-corrected chi connectivity index (χ2v) is 5.50. The Morgan fingerprint density at radius 3 is 2.94 bits per heavy atom. The van der Waals surface area contributed by atoms with Gasteiger partial charge in [-0.05, 0) is 31.1 Å². The first-order valence-electron chi connectivity index (χ1n) is 6.68. The third-order valence-corrected chi connectivity index (χ3v) is 4.06. The predicted octanol–water partition coefficient (Wildman–Crippen LogP) is 1.41. The summed E-state index contributed by atoms with van der Waals surface area (Å²) in [7, 11) is 0. The Morgan fingerprint density at radius 2 is 2.29 bits per heavy atom. The minimum Gasteiger partial charge on any atom is -0.360 e. The van der Waals surface area contributed by atoms with E-state index >= 15 is 0 Å². The zero-order chi connectivity index (χ0) is 11.8. The molecule has 4 heteroatoms. The summed E-state index contributed by atoms with van der Waals surface area (Å²) in [6, 6.07) is 2.42. The summed E-state index contributed by atoms with van der Waals surface area (Å²) in [5.74, 6) is 2.59. The molecule has 0 amide bonds. The smallest absolute Gasteiger partial charge is 0.150 e. The van der Waals surface area contributed by atoms with Crippen LogP contribution in [0, 0.1) is 11.8 Å². The van der Waals surface area contributed by atoms with E-state index in [4.69, 9.17) is 10.3 Å². The maximum atomic E-state index is 6.21. The van der Waals surface area contributed by atoms with Crippen molar-refractivity contribution in [3.63, 3.8) is 0 Å². The van der Waals surface area contributed by atoms with Crippen LogP contribution in [-0.4, -0.2) is 29.2 Å². The van der Waals surface area contributed by atoms with Crippen LogP contribution in [0.4, 0.5) is 0 Å². The molecule has 1 aliphatic heterocycles. The average molecular weight is 235 g/mol. The zero-order valence-corrected chi connectivity index (χ0v) is 10.4. The van der Waals surface area contributed by atoms with Crippen molar-refractivity contribution in [2.45, 2.75) is 38.8 Å². The molecule has 0 radical (unpaired) electrons. The Kier molecular flexibility index (Phi) is 2.92. The highest BCUT2D eigenvalue weighted by Crippen LogP contribution is 2.41. The number of nitrogens with zero attached hydrogens (tertiary/aromatic N) is 2. The fraction of sp³-hybridized carbons (Fsp3) is 0.769. The highest BCUT2D eigenvalue weighted by atomic mass is 16.5. The van der Waals surface area contributed by atoms with Crippen LogP contribution in [0.25, 0.3) is 0 Å². The third-order valence-electron chi connectivity index (χ3n) is 4.06. The summed E-state index contributed by atoms with van der Waals surface area (Å²) in [4.78, 5) is 2.41. The molecule has 1 saturated heterocycles. The van der Waals surface area contributed by atoms with Gasteiger partial charge in [0.05, 0.1) is 12.2 Å². The molecular weight excluding hydrogens is 214 g/mol. The molecule has 1 aromatic rings. The topological polar surface area (TPSA) is 55.3 Å². The zero-order valence-electron chi connectivity index (χ0n) is 10.4. The van der Waals surface area contributed by atoms with E-state index < -0.39 is 0 Å². The maximum Gasteiger partial charge on any atom is 0.150 e. The van der Waals surface area contributed by atoms with Gasteiger partial charge in [0, 0.05) is 25.2 Å². The van der Waals surface area contributed by atoms with E-state index in [1.165, 1.54) is 12.8 Å². The fourth-order valence-electron chi connectivity index (χ4n) is 2.91. The van der Waals surface area contributed by atoms with E-state index in [1.807, 2.05) is 0 Å². The van der Waals surface area contributed by atoms with E-state index in [-0.39, 0.29) is 0 Å². The van der Waals surface area contributed by atoms with Crippen molar-refractivity contribution in [1.29, 1.82) is 0 Å². The van der Waals surface area contributed by atoms with Gasteiger partial charge in [0.25, 0.3) is 0 Å². The molecule has 1 saturated carbocycles. The molecule has 4 nitrogen and oxygen atoms in total. The van der Waals surface area contributed by atoms with Crippen molar-refractivity contribution in [2.24, 2.45) is 17.6 Å². The molecule has 2 aliphatic rings. The van der Waals surface area contributed by atoms with Crippen molar-refractivity contribution in [2.75, 3.05) is 13.1 Å². The van der Waals surface area contributed by atoms with Crippen molar-refractivity contribution < 1.29 is 4.52 Å². The first-order chi connectivity index (χ1) is 8.26. The lowest BCUT2D eigenvalue weighted by Gasteiger charge is -2.13. The predicted molar refractivity (Wildman–Crippen MR) is 65.3 cm³/mol. The highest BCUT2D eigenvalue weighted by Gasteiger charge is 2.40. The highest BCUT2D eigenvalue weighted by molar-refractivity contribution is 5.06. The number of rotatable bonds is 4. The van der Waals surface area contributed by atoms with E-state index in [0.29, 0.717) is 12.0 Å². The second-order valence-electron chi connectivity index (χ2n) is 5.50. The van der Waals surface area contributed by atoms with Gasteiger partial charge in [-0.25, -0.2) is 0 Å². The van der Waals surface area contributed by atoms with Gasteiger partial charge in [-0.1, -0.05) is 12.1 Å². The molecule has 2 atom stereocenters. The molecule has 0 spiro atoms. The van der Waals surface area contributed by atoms with Crippen LogP contribution in [0.3, 0.4) is 0 Å². The Morgan fingerprint density at radius 1 is 1.47 bits per heavy atom. The standard InChI is InChI=1S/C13H21N3O/c1-2-10-5-11(17-15-10)6-16-7-12(9-3-4-9)13(14)8-16/h5,9,12-13H,2-4,6-8,14H2,1H3/t12-,13+/m1/s1. The molecule has 2 heterocycles. The molecule has 0 bridgehead atoms. The quantitative estimate of drug-likeness (QED) is 0.857. The fourth-order valence-corrected chi connectivity index (χ4v) is 2.91. The first-order valence-corrected chi connectivity index (χ1v) is 6.68. The number of nitrogens with two attached hydrogens (primary N) is 1. The summed E-state index contributed by atoms with van der Waals surface area (Å²) >= 11 is 0. The molecule has 0 unspecified atom stereocenters. The molecule has 0 aromatic carbocycles. The second kappa shape index (κ2) is 4.42. The van der Waals surface area contributed by atoms with Crippen molar-refractivity contribution in [1.82, 2.24) is 10.1 Å². The molecule has 94 valence electrons. The molecule has 2 fully saturated rings. The summed E-state index contributed by atoms with van der Waals surface area (Å²) < 4.78 is 5.33. The van der Waals surface area contributed by atoms with Gasteiger partial charge in [-0.15, -0.1) is 0 Å². The van der Waals surface area contributed by atoms with Crippen LogP contribution in [0.15, 0.2) is 10.6 Å². The monoisotopic (exact) mass is 235 g/mol. The number of likely N-dealkylation sites (tertiary alicyclic amines) is 1. The van der Waals surface area contributed by atoms with Gasteiger partial charge >= 0.3 is 0 Å². The van der Waals surface area contributed by atoms with E-state index in [9.17, 15) is 0 Å². The van der Waals surface area contributed by atoms with Crippen molar-refractivity contribution >= 4 is 0 Å². The Hall–Kier alpha value is -0.870. The maximum absolute atomic E-state index is 6.21. The van der Waals surface area contributed by atoms with Gasteiger partial charge in [-0.2, -0.15) is 0 Å². The summed E-state index contributed by atoms with van der Waals surface area (Å²) in [6.45, 7) is 5.10. The lowest BCUT2D eigenvalue weighted by Crippen LogP contribution is -2.30. The largest absolute Gasteiger partial charge is 0.360 e. The number of aryl methyl sites for hydroxylation is 1. The van der Waals surface area contributed by atoms with Crippen LogP contribution < -0.4 is 5.73 Å². The SMILES string of the molecule is CCc1cc(CN2C[C@H](C3CC3)[C@@H](N)C2)on1. The lowest BCUT2D eigenvalue weighted by molar-refractivity contribution is 0.261. The van der Waals surface area contributed by atoms with Gasteiger partial charge in [-0.3, -0.25) is 4.90 Å². The average Bonchev–Trinajstić information content (AvgIpc) is 2.95. The Labute approximate surface area is 102 Å². The molecule has 1 aliphatic carbocycles. The minimum atomic E-state index is 0.357. The first kappa shape index (κ1) is 11.2. The summed E-state index contributed by atoms with van der Waals surface area (Å²) in [6.07, 6.45) is 3.71. The van der Waals surface area contributed by atoms with Crippen LogP contribution in [0.2, 0.25) is 0 Å². The number of aromatic nitrogens is 1. The van der Waals surface area contributed by atoms with E-state index in [0.717, 1.165) is 43.4 Å². The lowest BCUT2D eigenvalue weighted by atomic mass is 9.99. The van der Waals surface area contributed by atoms with E-state index in [1.54, 1.807) is 0 Å². The van der Waals surface area contributed by atoms with Gasteiger partial charge in [0.15, 0.2) is 5.76 Å². The number of hydrogen-bond acceptors (Lipinski definition) is 4. The molecule has 2 N–H and O–H groups in total. The third kappa shape index (κ3) is 2.38. The van der Waals surface area contributed by atoms with Gasteiger partial charge < -0.3 is 10.3 Å².